The van der Waals surface area contributed by atoms with Gasteiger partial charge in [0.1, 0.15) is 6.04 Å². The maximum Gasteiger partial charge on any atom is 0.322 e. The topological polar surface area (TPSA) is 52.3 Å². The molecule has 0 fully saturated rings. The number of hydrogen-bond donors (Lipinski definition) is 1. The van der Waals surface area contributed by atoms with Crippen molar-refractivity contribution in [3.63, 3.8) is 0 Å². The zero-order chi connectivity index (χ0) is 12.0. The standard InChI is InChI=1S/C11H14ClNO2S/c1-15-11(14)10(13)6-7-16-9-4-2-8(12)3-5-9/h2-5,10H,6-7,13H2,1H3. The third kappa shape index (κ3) is 4.43. The Bertz CT molecular complexity index is 342. The van der Waals surface area contributed by atoms with E-state index in [9.17, 15) is 4.79 Å². The van der Waals surface area contributed by atoms with Crippen LogP contribution in [0.2, 0.25) is 5.02 Å². The van der Waals surface area contributed by atoms with Crippen LogP contribution in [0.3, 0.4) is 0 Å². The predicted molar refractivity (Wildman–Crippen MR) is 66.8 cm³/mol. The summed E-state index contributed by atoms with van der Waals surface area (Å²) < 4.78 is 4.54. The molecule has 1 atom stereocenters. The minimum absolute atomic E-state index is 0.364. The Labute approximate surface area is 104 Å². The zero-order valence-corrected chi connectivity index (χ0v) is 10.6. The van der Waals surface area contributed by atoms with Gasteiger partial charge in [0.05, 0.1) is 7.11 Å². The van der Waals surface area contributed by atoms with Crippen molar-refractivity contribution in [3.05, 3.63) is 29.3 Å². The Morgan fingerprint density at radius 1 is 1.50 bits per heavy atom. The lowest BCUT2D eigenvalue weighted by Gasteiger charge is -2.08. The van der Waals surface area contributed by atoms with E-state index in [1.807, 2.05) is 24.3 Å². The minimum atomic E-state index is -0.537. The van der Waals surface area contributed by atoms with Crippen molar-refractivity contribution in [2.45, 2.75) is 17.4 Å². The molecule has 1 rings (SSSR count). The summed E-state index contributed by atoms with van der Waals surface area (Å²) in [6, 6.07) is 7.02. The summed E-state index contributed by atoms with van der Waals surface area (Å²) in [6.07, 6.45) is 0.597. The van der Waals surface area contributed by atoms with Gasteiger partial charge in [0.2, 0.25) is 0 Å². The molecule has 1 aromatic rings. The highest BCUT2D eigenvalue weighted by atomic mass is 35.5. The highest BCUT2D eigenvalue weighted by molar-refractivity contribution is 7.99. The molecule has 5 heteroatoms. The summed E-state index contributed by atoms with van der Waals surface area (Å²) in [5.41, 5.74) is 5.61. The van der Waals surface area contributed by atoms with Gasteiger partial charge in [0.25, 0.3) is 0 Å². The van der Waals surface area contributed by atoms with E-state index in [-0.39, 0.29) is 5.97 Å². The summed E-state index contributed by atoms with van der Waals surface area (Å²) in [5.74, 6) is 0.412. The number of halogens is 1. The number of carbonyl (C=O) groups is 1. The average molecular weight is 260 g/mol. The van der Waals surface area contributed by atoms with Crippen LogP contribution in [0.1, 0.15) is 6.42 Å². The molecule has 0 aliphatic heterocycles. The van der Waals surface area contributed by atoms with Crippen molar-refractivity contribution in [1.82, 2.24) is 0 Å². The SMILES string of the molecule is COC(=O)C(N)CCSc1ccc(Cl)cc1. The van der Waals surface area contributed by atoms with Crippen molar-refractivity contribution < 1.29 is 9.53 Å². The van der Waals surface area contributed by atoms with Gasteiger partial charge in [-0.05, 0) is 30.7 Å². The third-order valence-corrected chi connectivity index (χ3v) is 3.31. The Hall–Kier alpha value is -0.710. The van der Waals surface area contributed by atoms with Gasteiger partial charge in [-0.3, -0.25) is 4.79 Å². The Kier molecular flexibility index (Phi) is 5.66. The maximum atomic E-state index is 11.0. The molecule has 2 N–H and O–H groups in total. The van der Waals surface area contributed by atoms with Gasteiger partial charge in [-0.1, -0.05) is 11.6 Å². The number of hydrogen-bond acceptors (Lipinski definition) is 4. The largest absolute Gasteiger partial charge is 0.468 e. The van der Waals surface area contributed by atoms with Gasteiger partial charge < -0.3 is 10.5 Å². The molecule has 0 saturated heterocycles. The number of rotatable bonds is 5. The second-order valence-corrected chi connectivity index (χ2v) is 4.83. The van der Waals surface area contributed by atoms with Gasteiger partial charge >= 0.3 is 5.97 Å². The van der Waals surface area contributed by atoms with Crippen LogP contribution in [0.15, 0.2) is 29.2 Å². The zero-order valence-electron chi connectivity index (χ0n) is 8.98. The van der Waals surface area contributed by atoms with Crippen LogP contribution < -0.4 is 5.73 Å². The van der Waals surface area contributed by atoms with Crippen molar-refractivity contribution in [1.29, 1.82) is 0 Å². The van der Waals surface area contributed by atoms with E-state index >= 15 is 0 Å². The Balaban J connectivity index is 2.30. The second-order valence-electron chi connectivity index (χ2n) is 3.22. The maximum absolute atomic E-state index is 11.0. The van der Waals surface area contributed by atoms with E-state index in [0.29, 0.717) is 6.42 Å². The van der Waals surface area contributed by atoms with Crippen LogP contribution in [-0.4, -0.2) is 24.9 Å². The molecule has 0 amide bonds. The predicted octanol–water partition coefficient (Wildman–Crippen LogP) is 2.32. The van der Waals surface area contributed by atoms with Gasteiger partial charge in [0.15, 0.2) is 0 Å². The second kappa shape index (κ2) is 6.78. The van der Waals surface area contributed by atoms with Crippen LogP contribution in [0.25, 0.3) is 0 Å². The Morgan fingerprint density at radius 2 is 2.12 bits per heavy atom. The monoisotopic (exact) mass is 259 g/mol. The van der Waals surface area contributed by atoms with E-state index in [2.05, 4.69) is 4.74 Å². The summed E-state index contributed by atoms with van der Waals surface area (Å²) in [6.45, 7) is 0. The van der Waals surface area contributed by atoms with E-state index in [1.165, 1.54) is 7.11 Å². The highest BCUT2D eigenvalue weighted by Gasteiger charge is 2.12. The van der Waals surface area contributed by atoms with Gasteiger partial charge in [-0.25, -0.2) is 0 Å². The lowest BCUT2D eigenvalue weighted by molar-refractivity contribution is -0.142. The van der Waals surface area contributed by atoms with Gasteiger partial charge in [-0.15, -0.1) is 11.8 Å². The number of benzene rings is 1. The average Bonchev–Trinajstić information content (AvgIpc) is 2.30. The number of methoxy groups -OCH3 is 1. The molecule has 0 aliphatic rings. The molecule has 0 bridgehead atoms. The molecule has 0 saturated carbocycles. The summed E-state index contributed by atoms with van der Waals surface area (Å²) in [7, 11) is 1.34. The fraction of sp³-hybridized carbons (Fsp3) is 0.364. The van der Waals surface area contributed by atoms with Crippen molar-refractivity contribution in [3.8, 4) is 0 Å². The van der Waals surface area contributed by atoms with Crippen molar-refractivity contribution in [2.24, 2.45) is 5.73 Å². The molecule has 0 spiro atoms. The van der Waals surface area contributed by atoms with E-state index in [4.69, 9.17) is 17.3 Å². The third-order valence-electron chi connectivity index (χ3n) is 2.02. The number of carbonyl (C=O) groups excluding carboxylic acids is 1. The lowest BCUT2D eigenvalue weighted by atomic mass is 10.2. The number of esters is 1. The molecule has 88 valence electrons. The van der Waals surface area contributed by atoms with Crippen LogP contribution in [0.5, 0.6) is 0 Å². The number of thioether (sulfide) groups is 1. The molecular formula is C11H14ClNO2S. The molecule has 0 radical (unpaired) electrons. The number of nitrogens with two attached hydrogens (primary N) is 1. The first-order valence-electron chi connectivity index (χ1n) is 4.85. The highest BCUT2D eigenvalue weighted by Crippen LogP contribution is 2.21. The Morgan fingerprint density at radius 3 is 2.69 bits per heavy atom. The molecule has 0 aromatic heterocycles. The lowest BCUT2D eigenvalue weighted by Crippen LogP contribution is -2.31. The first-order chi connectivity index (χ1) is 7.63. The van der Waals surface area contributed by atoms with Crippen molar-refractivity contribution >= 4 is 29.3 Å². The fourth-order valence-electron chi connectivity index (χ4n) is 1.10. The van der Waals surface area contributed by atoms with Crippen LogP contribution >= 0.6 is 23.4 Å². The van der Waals surface area contributed by atoms with Crippen LogP contribution in [-0.2, 0) is 9.53 Å². The molecule has 1 aromatic carbocycles. The minimum Gasteiger partial charge on any atom is -0.468 e. The summed E-state index contributed by atoms with van der Waals surface area (Å²) >= 11 is 7.40. The molecule has 16 heavy (non-hydrogen) atoms. The van der Waals surface area contributed by atoms with Gasteiger partial charge in [0, 0.05) is 15.7 Å². The van der Waals surface area contributed by atoms with Gasteiger partial charge in [-0.2, -0.15) is 0 Å². The van der Waals surface area contributed by atoms with E-state index in [0.717, 1.165) is 15.7 Å². The van der Waals surface area contributed by atoms with E-state index < -0.39 is 6.04 Å². The first-order valence-corrected chi connectivity index (χ1v) is 6.21. The molecule has 1 unspecified atom stereocenters. The van der Waals surface area contributed by atoms with Crippen LogP contribution in [0, 0.1) is 0 Å². The van der Waals surface area contributed by atoms with E-state index in [1.54, 1.807) is 11.8 Å². The first kappa shape index (κ1) is 13.4. The van der Waals surface area contributed by atoms with Crippen LogP contribution in [0.4, 0.5) is 0 Å². The van der Waals surface area contributed by atoms with Crippen molar-refractivity contribution in [2.75, 3.05) is 12.9 Å². The molecule has 3 nitrogen and oxygen atoms in total. The smallest absolute Gasteiger partial charge is 0.322 e. The quantitative estimate of drug-likeness (QED) is 0.651. The molecule has 0 aliphatic carbocycles. The number of ether oxygens (including phenoxy) is 1. The summed E-state index contributed by atoms with van der Waals surface area (Å²) in [5, 5.41) is 0.718. The normalized spacial score (nSPS) is 12.2. The molecular weight excluding hydrogens is 246 g/mol. The summed E-state index contributed by atoms with van der Waals surface area (Å²) in [4.78, 5) is 12.1. The molecule has 0 heterocycles. The fourth-order valence-corrected chi connectivity index (χ4v) is 2.17.